The van der Waals surface area contributed by atoms with E-state index in [0.717, 1.165) is 12.8 Å². The summed E-state index contributed by atoms with van der Waals surface area (Å²) in [5.74, 6) is -0.00500. The summed E-state index contributed by atoms with van der Waals surface area (Å²) in [6.45, 7) is 4.91. The minimum absolute atomic E-state index is 0.00500. The van der Waals surface area contributed by atoms with Crippen LogP contribution in [0.25, 0.3) is 0 Å². The maximum Gasteiger partial charge on any atom is 0.243 e. The Morgan fingerprint density at radius 3 is 2.58 bits per heavy atom. The molecule has 0 aromatic heterocycles. The maximum absolute atomic E-state index is 12.6. The highest BCUT2D eigenvalue weighted by Crippen LogP contribution is 2.20. The van der Waals surface area contributed by atoms with E-state index >= 15 is 0 Å². The standard InChI is InChI=1S/C16H24ClN3O3S/c1-2-3-7-18-16(21)13-19-8-10-20(11-9-19)24(22,23)15-6-4-5-14(17)12-15/h4-6,12H,2-3,7-11,13H2,1H3,(H,18,21). The van der Waals surface area contributed by atoms with Crippen molar-refractivity contribution in [2.24, 2.45) is 0 Å². The number of piperazine rings is 1. The van der Waals surface area contributed by atoms with Gasteiger partial charge in [-0.3, -0.25) is 9.69 Å². The van der Waals surface area contributed by atoms with Crippen molar-refractivity contribution in [2.75, 3.05) is 39.3 Å². The van der Waals surface area contributed by atoms with Gasteiger partial charge in [-0.25, -0.2) is 8.42 Å². The molecule has 0 bridgehead atoms. The predicted octanol–water partition coefficient (Wildman–Crippen LogP) is 1.56. The first-order valence-corrected chi connectivity index (χ1v) is 10.00. The number of benzene rings is 1. The molecule has 1 N–H and O–H groups in total. The molecule has 0 unspecified atom stereocenters. The second kappa shape index (κ2) is 8.80. The second-order valence-corrected chi connectivity index (χ2v) is 8.22. The van der Waals surface area contributed by atoms with E-state index < -0.39 is 10.0 Å². The van der Waals surface area contributed by atoms with Crippen molar-refractivity contribution in [3.8, 4) is 0 Å². The van der Waals surface area contributed by atoms with Gasteiger partial charge in [-0.15, -0.1) is 0 Å². The van der Waals surface area contributed by atoms with Crippen molar-refractivity contribution in [2.45, 2.75) is 24.7 Å². The minimum Gasteiger partial charge on any atom is -0.355 e. The molecule has 0 aliphatic carbocycles. The van der Waals surface area contributed by atoms with E-state index in [1.165, 1.54) is 10.4 Å². The lowest BCUT2D eigenvalue weighted by atomic mass is 10.3. The van der Waals surface area contributed by atoms with Gasteiger partial charge in [-0.05, 0) is 24.6 Å². The van der Waals surface area contributed by atoms with Crippen LogP contribution >= 0.6 is 11.6 Å². The Morgan fingerprint density at radius 2 is 1.96 bits per heavy atom. The summed E-state index contributed by atoms with van der Waals surface area (Å²) < 4.78 is 26.7. The van der Waals surface area contributed by atoms with Crippen LogP contribution in [0.2, 0.25) is 5.02 Å². The predicted molar refractivity (Wildman–Crippen MR) is 94.6 cm³/mol. The van der Waals surface area contributed by atoms with Crippen LogP contribution < -0.4 is 5.32 Å². The van der Waals surface area contributed by atoms with Crippen LogP contribution in [-0.2, 0) is 14.8 Å². The first-order valence-electron chi connectivity index (χ1n) is 8.18. The Balaban J connectivity index is 1.87. The summed E-state index contributed by atoms with van der Waals surface area (Å²) in [6.07, 6.45) is 2.01. The van der Waals surface area contributed by atoms with Gasteiger partial charge >= 0.3 is 0 Å². The van der Waals surface area contributed by atoms with Crippen molar-refractivity contribution in [1.29, 1.82) is 0 Å². The number of halogens is 1. The lowest BCUT2D eigenvalue weighted by Crippen LogP contribution is -2.51. The van der Waals surface area contributed by atoms with Gasteiger partial charge in [-0.2, -0.15) is 4.31 Å². The largest absolute Gasteiger partial charge is 0.355 e. The molecule has 1 saturated heterocycles. The fraction of sp³-hybridized carbons (Fsp3) is 0.562. The summed E-state index contributed by atoms with van der Waals surface area (Å²) >= 11 is 5.89. The van der Waals surface area contributed by atoms with Crippen molar-refractivity contribution in [3.05, 3.63) is 29.3 Å². The molecule has 1 aromatic carbocycles. The molecule has 0 saturated carbocycles. The van der Waals surface area contributed by atoms with Crippen molar-refractivity contribution in [3.63, 3.8) is 0 Å². The zero-order valence-electron chi connectivity index (χ0n) is 13.9. The number of hydrogen-bond donors (Lipinski definition) is 1. The number of nitrogens with zero attached hydrogens (tertiary/aromatic N) is 2. The molecule has 1 heterocycles. The first-order chi connectivity index (χ1) is 11.4. The second-order valence-electron chi connectivity index (χ2n) is 5.84. The number of sulfonamides is 1. The SMILES string of the molecule is CCCCNC(=O)CN1CCN(S(=O)(=O)c2cccc(Cl)c2)CC1. The highest BCUT2D eigenvalue weighted by Gasteiger charge is 2.29. The average molecular weight is 374 g/mol. The molecule has 0 spiro atoms. The molecule has 6 nitrogen and oxygen atoms in total. The molecule has 134 valence electrons. The number of rotatable bonds is 7. The number of nitrogens with one attached hydrogen (secondary N) is 1. The third kappa shape index (κ3) is 5.17. The summed E-state index contributed by atoms with van der Waals surface area (Å²) in [7, 11) is -3.53. The minimum atomic E-state index is -3.53. The lowest BCUT2D eigenvalue weighted by molar-refractivity contribution is -0.122. The van der Waals surface area contributed by atoms with Gasteiger partial charge in [-0.1, -0.05) is 31.0 Å². The maximum atomic E-state index is 12.6. The highest BCUT2D eigenvalue weighted by molar-refractivity contribution is 7.89. The smallest absolute Gasteiger partial charge is 0.243 e. The quantitative estimate of drug-likeness (QED) is 0.736. The molecule has 0 atom stereocenters. The van der Waals surface area contributed by atoms with E-state index in [-0.39, 0.29) is 10.8 Å². The Labute approximate surface area is 148 Å². The zero-order chi connectivity index (χ0) is 17.6. The third-order valence-corrected chi connectivity index (χ3v) is 6.11. The Bertz CT molecular complexity index is 658. The Kier molecular flexibility index (Phi) is 7.03. The first kappa shape index (κ1) is 19.2. The third-order valence-electron chi connectivity index (χ3n) is 3.98. The monoisotopic (exact) mass is 373 g/mol. The molecule has 1 fully saturated rings. The van der Waals surface area contributed by atoms with E-state index in [1.54, 1.807) is 18.2 Å². The van der Waals surface area contributed by atoms with Crippen LogP contribution in [0.1, 0.15) is 19.8 Å². The molecule has 2 rings (SSSR count). The molecule has 8 heteroatoms. The fourth-order valence-electron chi connectivity index (χ4n) is 2.57. The van der Waals surface area contributed by atoms with Gasteiger partial charge in [0, 0.05) is 37.7 Å². The van der Waals surface area contributed by atoms with Gasteiger partial charge in [0.05, 0.1) is 11.4 Å². The van der Waals surface area contributed by atoms with Crippen LogP contribution in [0.4, 0.5) is 0 Å². The van der Waals surface area contributed by atoms with Gasteiger partial charge in [0.2, 0.25) is 15.9 Å². The molecule has 0 radical (unpaired) electrons. The summed E-state index contributed by atoms with van der Waals surface area (Å²) in [4.78, 5) is 14.0. The van der Waals surface area contributed by atoms with Gasteiger partial charge in [0.1, 0.15) is 0 Å². The summed E-state index contributed by atoms with van der Waals surface area (Å²) in [5.41, 5.74) is 0. The lowest BCUT2D eigenvalue weighted by Gasteiger charge is -2.33. The Hall–Kier alpha value is -1.15. The molecular formula is C16H24ClN3O3S. The molecule has 1 aliphatic rings. The van der Waals surface area contributed by atoms with Crippen LogP contribution in [0.5, 0.6) is 0 Å². The van der Waals surface area contributed by atoms with Gasteiger partial charge in [0.15, 0.2) is 0 Å². The van der Waals surface area contributed by atoms with Crippen LogP contribution in [0.3, 0.4) is 0 Å². The molecular weight excluding hydrogens is 350 g/mol. The summed E-state index contributed by atoms with van der Waals surface area (Å²) in [5, 5.41) is 3.28. The average Bonchev–Trinajstić information content (AvgIpc) is 2.55. The van der Waals surface area contributed by atoms with E-state index in [9.17, 15) is 13.2 Å². The van der Waals surface area contributed by atoms with E-state index in [0.29, 0.717) is 44.3 Å². The topological polar surface area (TPSA) is 69.7 Å². The number of carbonyl (C=O) groups excluding carboxylic acids is 1. The number of carbonyl (C=O) groups is 1. The van der Waals surface area contributed by atoms with Gasteiger partial charge in [0.25, 0.3) is 0 Å². The zero-order valence-corrected chi connectivity index (χ0v) is 15.4. The molecule has 24 heavy (non-hydrogen) atoms. The van der Waals surface area contributed by atoms with Crippen LogP contribution in [0, 0.1) is 0 Å². The number of amides is 1. The van der Waals surface area contributed by atoms with E-state index in [4.69, 9.17) is 11.6 Å². The normalized spacial score (nSPS) is 16.9. The van der Waals surface area contributed by atoms with Crippen LogP contribution in [-0.4, -0.2) is 62.8 Å². The number of unbranched alkanes of at least 4 members (excludes halogenated alkanes) is 1. The molecule has 1 aromatic rings. The van der Waals surface area contributed by atoms with Crippen molar-refractivity contribution < 1.29 is 13.2 Å². The van der Waals surface area contributed by atoms with Crippen molar-refractivity contribution >= 4 is 27.5 Å². The van der Waals surface area contributed by atoms with E-state index in [1.807, 2.05) is 4.90 Å². The van der Waals surface area contributed by atoms with E-state index in [2.05, 4.69) is 12.2 Å². The molecule has 1 aliphatic heterocycles. The highest BCUT2D eigenvalue weighted by atomic mass is 35.5. The van der Waals surface area contributed by atoms with Crippen LogP contribution in [0.15, 0.2) is 29.2 Å². The molecule has 1 amide bonds. The Morgan fingerprint density at radius 1 is 1.25 bits per heavy atom. The van der Waals surface area contributed by atoms with Crippen molar-refractivity contribution in [1.82, 2.24) is 14.5 Å². The number of hydrogen-bond acceptors (Lipinski definition) is 4. The summed E-state index contributed by atoms with van der Waals surface area (Å²) in [6, 6.07) is 6.29. The van der Waals surface area contributed by atoms with Gasteiger partial charge < -0.3 is 5.32 Å². The fourth-order valence-corrected chi connectivity index (χ4v) is 4.29.